The minimum absolute atomic E-state index is 0.0329. The molecular formula is C44H30N8O4. The zero-order valence-electron chi connectivity index (χ0n) is 29.4. The van der Waals surface area contributed by atoms with Gasteiger partial charge in [-0.1, -0.05) is 24.3 Å². The van der Waals surface area contributed by atoms with Crippen LogP contribution in [0.25, 0.3) is 90.9 Å². The highest BCUT2D eigenvalue weighted by molar-refractivity contribution is 6.00. The third-order valence-corrected chi connectivity index (χ3v) is 9.89. The molecule has 7 aromatic rings. The number of nitro benzene ring substituents is 2. The van der Waals surface area contributed by atoms with E-state index in [9.17, 15) is 20.2 Å². The lowest BCUT2D eigenvalue weighted by molar-refractivity contribution is -0.385. The second-order valence-electron chi connectivity index (χ2n) is 13.4. The number of nitrogens with zero attached hydrogens (tertiary/aromatic N) is 4. The Kier molecular flexibility index (Phi) is 8.05. The maximum Gasteiger partial charge on any atom is 0.269 e. The van der Waals surface area contributed by atoms with E-state index >= 15 is 0 Å². The highest BCUT2D eigenvalue weighted by Gasteiger charge is 2.20. The van der Waals surface area contributed by atoms with E-state index in [1.807, 2.05) is 97.1 Å². The topological polar surface area (TPSA) is 196 Å². The number of aromatic nitrogens is 4. The van der Waals surface area contributed by atoms with E-state index < -0.39 is 9.85 Å². The number of nitrogen functional groups attached to an aromatic ring is 2. The van der Waals surface area contributed by atoms with Crippen LogP contribution in [0, 0.1) is 20.2 Å². The molecular weight excluding hydrogens is 705 g/mol. The molecule has 4 aromatic carbocycles. The molecule has 0 unspecified atom stereocenters. The van der Waals surface area contributed by atoms with Crippen LogP contribution in [0.15, 0.2) is 121 Å². The van der Waals surface area contributed by atoms with Gasteiger partial charge in [-0.3, -0.25) is 20.2 Å². The van der Waals surface area contributed by atoms with Gasteiger partial charge in [-0.2, -0.15) is 0 Å². The molecule has 0 aliphatic carbocycles. The third kappa shape index (κ3) is 6.02. The molecule has 9 rings (SSSR count). The van der Waals surface area contributed by atoms with Crippen molar-refractivity contribution in [3.8, 4) is 44.5 Å². The third-order valence-electron chi connectivity index (χ3n) is 9.89. The van der Waals surface area contributed by atoms with E-state index in [4.69, 9.17) is 21.4 Å². The number of nitrogens with one attached hydrogen (secondary N) is 2. The Labute approximate surface area is 318 Å². The lowest BCUT2D eigenvalue weighted by Crippen LogP contribution is -1.91. The minimum atomic E-state index is -0.430. The lowest BCUT2D eigenvalue weighted by Gasteiger charge is -2.07. The molecule has 3 aromatic heterocycles. The molecule has 6 N–H and O–H groups in total. The molecule has 2 aliphatic heterocycles. The summed E-state index contributed by atoms with van der Waals surface area (Å²) in [4.78, 5) is 40.1. The number of hydrogen-bond acceptors (Lipinski definition) is 8. The summed E-state index contributed by atoms with van der Waals surface area (Å²) < 4.78 is 0. The first kappa shape index (κ1) is 33.7. The van der Waals surface area contributed by atoms with E-state index in [1.54, 1.807) is 24.3 Å². The molecule has 0 atom stereocenters. The van der Waals surface area contributed by atoms with Crippen LogP contribution in [0.2, 0.25) is 0 Å². The van der Waals surface area contributed by atoms with Gasteiger partial charge in [-0.15, -0.1) is 0 Å². The summed E-state index contributed by atoms with van der Waals surface area (Å²) in [5.41, 5.74) is 25.4. The largest absolute Gasteiger partial charge is 0.399 e. The molecule has 8 bridgehead atoms. The predicted octanol–water partition coefficient (Wildman–Crippen LogP) is 10.3. The van der Waals surface area contributed by atoms with Gasteiger partial charge >= 0.3 is 0 Å². The van der Waals surface area contributed by atoms with Crippen LogP contribution in [0.4, 0.5) is 22.7 Å². The van der Waals surface area contributed by atoms with Gasteiger partial charge in [0.05, 0.1) is 32.6 Å². The van der Waals surface area contributed by atoms with Gasteiger partial charge < -0.3 is 21.4 Å². The van der Waals surface area contributed by atoms with Crippen molar-refractivity contribution in [2.24, 2.45) is 0 Å². The van der Waals surface area contributed by atoms with Crippen LogP contribution >= 0.6 is 0 Å². The molecule has 0 saturated heterocycles. The fourth-order valence-corrected chi connectivity index (χ4v) is 7.22. The van der Waals surface area contributed by atoms with Gasteiger partial charge in [0, 0.05) is 80.0 Å². The fraction of sp³-hybridized carbons (Fsp3) is 0. The van der Waals surface area contributed by atoms with Crippen molar-refractivity contribution in [3.63, 3.8) is 0 Å². The fourth-order valence-electron chi connectivity index (χ4n) is 7.22. The number of nitrogens with two attached hydrogens (primary N) is 2. The number of aromatic amines is 2. The molecule has 12 heteroatoms. The molecule has 2 aliphatic rings. The average Bonchev–Trinajstić information content (AvgIpc) is 4.05. The van der Waals surface area contributed by atoms with Gasteiger partial charge in [0.1, 0.15) is 0 Å². The summed E-state index contributed by atoms with van der Waals surface area (Å²) in [6.45, 7) is 0. The Morgan fingerprint density at radius 2 is 0.643 bits per heavy atom. The van der Waals surface area contributed by atoms with Crippen LogP contribution in [0.5, 0.6) is 0 Å². The van der Waals surface area contributed by atoms with Crippen molar-refractivity contribution < 1.29 is 9.85 Å². The summed E-state index contributed by atoms with van der Waals surface area (Å²) in [5.74, 6) is 0. The van der Waals surface area contributed by atoms with E-state index in [0.717, 1.165) is 44.3 Å². The van der Waals surface area contributed by atoms with Gasteiger partial charge in [0.15, 0.2) is 0 Å². The Bertz CT molecular complexity index is 2760. The van der Waals surface area contributed by atoms with Crippen molar-refractivity contribution in [2.45, 2.75) is 0 Å². The van der Waals surface area contributed by atoms with Crippen molar-refractivity contribution >= 4 is 69.1 Å². The highest BCUT2D eigenvalue weighted by atomic mass is 16.6. The Hall–Kier alpha value is -8.12. The maximum atomic E-state index is 11.6. The van der Waals surface area contributed by atoms with Crippen LogP contribution in [0.1, 0.15) is 22.8 Å². The number of rotatable bonds is 6. The lowest BCUT2D eigenvalue weighted by atomic mass is 10.0. The maximum absolute atomic E-state index is 11.6. The van der Waals surface area contributed by atoms with Crippen molar-refractivity contribution in [2.75, 3.05) is 11.5 Å². The second-order valence-corrected chi connectivity index (χ2v) is 13.4. The quantitative estimate of drug-likeness (QED) is 0.0735. The summed E-state index contributed by atoms with van der Waals surface area (Å²) in [6, 6.07) is 35.9. The molecule has 56 heavy (non-hydrogen) atoms. The predicted molar refractivity (Wildman–Crippen MR) is 223 cm³/mol. The highest BCUT2D eigenvalue weighted by Crippen LogP contribution is 2.39. The van der Waals surface area contributed by atoms with Crippen LogP contribution in [-0.2, 0) is 0 Å². The van der Waals surface area contributed by atoms with Gasteiger partial charge in [-0.25, -0.2) is 9.97 Å². The number of nitro groups is 2. The van der Waals surface area contributed by atoms with E-state index in [1.165, 1.54) is 24.3 Å². The number of H-pyrrole nitrogens is 2. The van der Waals surface area contributed by atoms with Crippen LogP contribution in [0.3, 0.4) is 0 Å². The number of benzene rings is 4. The number of anilines is 2. The summed E-state index contributed by atoms with van der Waals surface area (Å²) in [7, 11) is 0. The molecule has 0 radical (unpaired) electrons. The Balaban J connectivity index is 1.44. The molecule has 0 fully saturated rings. The normalized spacial score (nSPS) is 11.9. The zero-order valence-corrected chi connectivity index (χ0v) is 29.4. The van der Waals surface area contributed by atoms with E-state index in [-0.39, 0.29) is 11.4 Å². The molecule has 0 spiro atoms. The van der Waals surface area contributed by atoms with E-state index in [0.29, 0.717) is 56.4 Å². The standard InChI is InChI=1S/C44H30N8O4/c45-29-9-1-25(2-10-29)41-33-17-18-34(47-33)42(26-3-11-30(46)12-4-26)36-20-22-38(49-36)44(28-7-15-32(16-8-28)52(55)56)40-24-23-39(50-40)43(37-21-19-35(41)48-37)27-5-13-31(14-6-27)51(53)54/h1-24,48-49H,45-46H2. The summed E-state index contributed by atoms with van der Waals surface area (Å²) >= 11 is 0. The molecule has 270 valence electrons. The van der Waals surface area contributed by atoms with E-state index in [2.05, 4.69) is 9.97 Å². The zero-order chi connectivity index (χ0) is 38.5. The first-order valence-electron chi connectivity index (χ1n) is 17.6. The Morgan fingerprint density at radius 1 is 0.393 bits per heavy atom. The summed E-state index contributed by atoms with van der Waals surface area (Å²) in [6.07, 6.45) is 7.78. The molecule has 0 amide bonds. The number of fused-ring (bicyclic) bond motifs is 8. The van der Waals surface area contributed by atoms with Crippen molar-refractivity contribution in [1.29, 1.82) is 0 Å². The van der Waals surface area contributed by atoms with Gasteiger partial charge in [0.25, 0.3) is 11.4 Å². The second kappa shape index (κ2) is 13.4. The minimum Gasteiger partial charge on any atom is -0.399 e. The van der Waals surface area contributed by atoms with Crippen molar-refractivity contribution in [3.05, 3.63) is 164 Å². The van der Waals surface area contributed by atoms with Crippen LogP contribution < -0.4 is 11.5 Å². The smallest absolute Gasteiger partial charge is 0.269 e. The summed E-state index contributed by atoms with van der Waals surface area (Å²) in [5, 5.41) is 23.2. The number of hydrogen-bond donors (Lipinski definition) is 4. The van der Waals surface area contributed by atoms with Crippen molar-refractivity contribution in [1.82, 2.24) is 19.9 Å². The monoisotopic (exact) mass is 734 g/mol. The van der Waals surface area contributed by atoms with Crippen LogP contribution in [-0.4, -0.2) is 29.8 Å². The SMILES string of the molecule is Nc1ccc(-c2c3nc(c(-c4ccc(N)cc4)c4ccc([nH]4)c(-c4ccc([N+](=O)[O-])cc4)c4nc(c(-c5ccc([N+](=O)[O-])cc5)c5ccc2[nH]5)C=C4)C=C3)cc1. The Morgan fingerprint density at radius 3 is 0.893 bits per heavy atom. The molecule has 12 nitrogen and oxygen atoms in total. The first-order valence-corrected chi connectivity index (χ1v) is 17.6. The van der Waals surface area contributed by atoms with Gasteiger partial charge in [-0.05, 0) is 119 Å². The number of non-ortho nitro benzene ring substituents is 2. The molecule has 0 saturated carbocycles. The van der Waals surface area contributed by atoms with Gasteiger partial charge in [0.2, 0.25) is 0 Å². The molecule has 5 heterocycles. The average molecular weight is 735 g/mol. The first-order chi connectivity index (χ1) is 27.2.